The number of carbonyl (C=O) groups excluding carboxylic acids is 4. The van der Waals surface area contributed by atoms with Gasteiger partial charge in [0.2, 0.25) is 0 Å². The molecule has 1 rings (SSSR count). The van der Waals surface area contributed by atoms with Crippen molar-refractivity contribution in [3.05, 3.63) is 23.8 Å². The predicted molar refractivity (Wildman–Crippen MR) is 121 cm³/mol. The third-order valence-corrected chi connectivity index (χ3v) is 4.80. The van der Waals surface area contributed by atoms with Crippen molar-refractivity contribution in [1.82, 2.24) is 0 Å². The maximum absolute atomic E-state index is 11.9. The van der Waals surface area contributed by atoms with E-state index in [4.69, 9.17) is 14.2 Å². The van der Waals surface area contributed by atoms with Crippen LogP contribution in [0.15, 0.2) is 18.2 Å². The second-order valence-electron chi connectivity index (χ2n) is 8.03. The van der Waals surface area contributed by atoms with E-state index < -0.39 is 11.9 Å². The maximum Gasteiger partial charge on any atom is 0.308 e. The lowest BCUT2D eigenvalue weighted by Gasteiger charge is -2.18. The molecule has 0 aliphatic heterocycles. The Hall–Kier alpha value is -2.70. The van der Waals surface area contributed by atoms with Gasteiger partial charge in [-0.15, -0.1) is 0 Å². The second kappa shape index (κ2) is 15.2. The molecule has 7 nitrogen and oxygen atoms in total. The molecule has 0 N–H and O–H groups in total. The molecule has 7 heteroatoms. The Labute approximate surface area is 190 Å². The minimum Gasteiger partial charge on any atom is -0.462 e. The molecule has 0 saturated heterocycles. The maximum atomic E-state index is 11.9. The second-order valence-corrected chi connectivity index (χ2v) is 8.03. The van der Waals surface area contributed by atoms with Crippen LogP contribution in [0, 0.1) is 0 Å². The fourth-order valence-corrected chi connectivity index (χ4v) is 3.47. The summed E-state index contributed by atoms with van der Waals surface area (Å²) in [5.74, 6) is -0.523. The predicted octanol–water partition coefficient (Wildman–Crippen LogP) is 5.11. The molecule has 1 aromatic rings. The molecular weight excluding hydrogens is 412 g/mol. The molecule has 1 unspecified atom stereocenters. The van der Waals surface area contributed by atoms with Gasteiger partial charge in [0.05, 0.1) is 0 Å². The zero-order chi connectivity index (χ0) is 23.9. The van der Waals surface area contributed by atoms with Crippen LogP contribution in [-0.4, -0.2) is 29.8 Å². The van der Waals surface area contributed by atoms with Crippen LogP contribution in [0.1, 0.15) is 91.0 Å². The molecule has 1 atom stereocenters. The number of ketones is 1. The van der Waals surface area contributed by atoms with Gasteiger partial charge in [-0.1, -0.05) is 26.2 Å². The molecular formula is C25H36O7. The fraction of sp³-hybridized carbons (Fsp3) is 0.600. The summed E-state index contributed by atoms with van der Waals surface area (Å²) in [4.78, 5) is 46.1. The van der Waals surface area contributed by atoms with E-state index in [1.807, 2.05) is 0 Å². The van der Waals surface area contributed by atoms with Crippen LogP contribution in [0.2, 0.25) is 0 Å². The average Bonchev–Trinajstić information content (AvgIpc) is 2.66. The first-order valence-corrected chi connectivity index (χ1v) is 11.4. The summed E-state index contributed by atoms with van der Waals surface area (Å²) in [5.41, 5.74) is 0.720. The minimum absolute atomic E-state index is 0.259. The van der Waals surface area contributed by atoms with E-state index in [0.717, 1.165) is 44.1 Å². The summed E-state index contributed by atoms with van der Waals surface area (Å²) >= 11 is 0. The number of ether oxygens (including phenoxy) is 3. The molecule has 0 heterocycles. The smallest absolute Gasteiger partial charge is 0.308 e. The van der Waals surface area contributed by atoms with Crippen molar-refractivity contribution in [2.45, 2.75) is 98.0 Å². The van der Waals surface area contributed by atoms with Gasteiger partial charge < -0.3 is 14.2 Å². The van der Waals surface area contributed by atoms with Crippen LogP contribution in [0.5, 0.6) is 11.5 Å². The quantitative estimate of drug-likeness (QED) is 0.209. The zero-order valence-electron chi connectivity index (χ0n) is 19.7. The van der Waals surface area contributed by atoms with Gasteiger partial charge in [-0.2, -0.15) is 0 Å². The number of benzene rings is 1. The van der Waals surface area contributed by atoms with E-state index in [1.54, 1.807) is 12.1 Å². The first-order chi connectivity index (χ1) is 15.2. The van der Waals surface area contributed by atoms with Crippen LogP contribution in [-0.2, 0) is 30.3 Å². The fourth-order valence-electron chi connectivity index (χ4n) is 3.47. The first kappa shape index (κ1) is 27.3. The Morgan fingerprint density at radius 2 is 1.31 bits per heavy atom. The first-order valence-electron chi connectivity index (χ1n) is 11.4. The molecule has 0 aliphatic carbocycles. The van der Waals surface area contributed by atoms with Gasteiger partial charge >= 0.3 is 17.9 Å². The Morgan fingerprint density at radius 1 is 0.750 bits per heavy atom. The summed E-state index contributed by atoms with van der Waals surface area (Å²) in [6.45, 7) is 6.05. The topological polar surface area (TPSA) is 96.0 Å². The lowest BCUT2D eigenvalue weighted by atomic mass is 10.0. The Morgan fingerprint density at radius 3 is 1.81 bits per heavy atom. The number of hydrogen-bond donors (Lipinski definition) is 0. The highest BCUT2D eigenvalue weighted by molar-refractivity contribution is 5.78. The van der Waals surface area contributed by atoms with Crippen LogP contribution in [0.4, 0.5) is 0 Å². The summed E-state index contributed by atoms with van der Waals surface area (Å²) in [7, 11) is 0. The van der Waals surface area contributed by atoms with E-state index in [9.17, 15) is 19.2 Å². The third-order valence-electron chi connectivity index (χ3n) is 4.80. The number of carbonyl (C=O) groups is 4. The summed E-state index contributed by atoms with van der Waals surface area (Å²) in [5, 5.41) is 0. The SMILES string of the molecule is CCCCCC(=O)CCCCCC(Cc1cc(OC(C)=O)cc(OC(C)=O)c1)OC(C)=O. The van der Waals surface area contributed by atoms with Gasteiger partial charge in [0, 0.05) is 46.1 Å². The van der Waals surface area contributed by atoms with Gasteiger partial charge in [-0.05, 0) is 43.4 Å². The highest BCUT2D eigenvalue weighted by Gasteiger charge is 2.16. The summed E-state index contributed by atoms with van der Waals surface area (Å²) < 4.78 is 15.7. The molecule has 0 aromatic heterocycles. The lowest BCUT2D eigenvalue weighted by Crippen LogP contribution is -2.19. The number of Topliss-reactive ketones (excluding diaryl/α,β-unsaturated/α-hetero) is 1. The number of unbranched alkanes of at least 4 members (excludes halogenated alkanes) is 4. The molecule has 0 amide bonds. The highest BCUT2D eigenvalue weighted by atomic mass is 16.5. The van der Waals surface area contributed by atoms with Crippen LogP contribution < -0.4 is 9.47 Å². The number of rotatable bonds is 15. The molecule has 0 aliphatic rings. The summed E-state index contributed by atoms with van der Waals surface area (Å²) in [6, 6.07) is 4.80. The third kappa shape index (κ3) is 12.9. The normalized spacial score (nSPS) is 11.5. The van der Waals surface area contributed by atoms with Crippen molar-refractivity contribution in [1.29, 1.82) is 0 Å². The molecule has 0 bridgehead atoms. The van der Waals surface area contributed by atoms with Crippen molar-refractivity contribution in [2.75, 3.05) is 0 Å². The van der Waals surface area contributed by atoms with E-state index in [2.05, 4.69) is 6.92 Å². The molecule has 178 valence electrons. The summed E-state index contributed by atoms with van der Waals surface area (Å²) in [6.07, 6.45) is 7.61. The Kier molecular flexibility index (Phi) is 12.9. The number of hydrogen-bond acceptors (Lipinski definition) is 7. The van der Waals surface area contributed by atoms with Crippen molar-refractivity contribution in [3.63, 3.8) is 0 Å². The van der Waals surface area contributed by atoms with E-state index >= 15 is 0 Å². The largest absolute Gasteiger partial charge is 0.462 e. The Balaban J connectivity index is 2.67. The van der Waals surface area contributed by atoms with Gasteiger partial charge in [-0.25, -0.2) is 0 Å². The van der Waals surface area contributed by atoms with Crippen molar-refractivity contribution >= 4 is 23.7 Å². The average molecular weight is 449 g/mol. The molecule has 1 aromatic carbocycles. The highest BCUT2D eigenvalue weighted by Crippen LogP contribution is 2.26. The molecule has 32 heavy (non-hydrogen) atoms. The van der Waals surface area contributed by atoms with Crippen LogP contribution in [0.25, 0.3) is 0 Å². The van der Waals surface area contributed by atoms with Crippen LogP contribution in [0.3, 0.4) is 0 Å². The molecule has 0 radical (unpaired) electrons. The minimum atomic E-state index is -0.489. The zero-order valence-corrected chi connectivity index (χ0v) is 19.7. The standard InChI is InChI=1S/C25H36O7/c1-5-6-8-11-22(29)12-9-7-10-13-23(30-18(2)26)14-21-15-24(31-19(3)27)17-25(16-21)32-20(4)28/h15-17,23H,5-14H2,1-4H3. The molecule has 0 saturated carbocycles. The van der Waals surface area contributed by atoms with E-state index in [0.29, 0.717) is 31.5 Å². The van der Waals surface area contributed by atoms with Crippen LogP contribution >= 0.6 is 0 Å². The van der Waals surface area contributed by atoms with Gasteiger partial charge in [0.15, 0.2) is 0 Å². The number of esters is 3. The van der Waals surface area contributed by atoms with Crippen molar-refractivity contribution < 1.29 is 33.4 Å². The van der Waals surface area contributed by atoms with E-state index in [-0.39, 0.29) is 23.6 Å². The lowest BCUT2D eigenvalue weighted by molar-refractivity contribution is -0.146. The Bertz CT molecular complexity index is 735. The molecule has 0 fully saturated rings. The van der Waals surface area contributed by atoms with Gasteiger partial charge in [-0.3, -0.25) is 19.2 Å². The van der Waals surface area contributed by atoms with Crippen molar-refractivity contribution in [3.8, 4) is 11.5 Å². The monoisotopic (exact) mass is 448 g/mol. The van der Waals surface area contributed by atoms with Crippen molar-refractivity contribution in [2.24, 2.45) is 0 Å². The van der Waals surface area contributed by atoms with Gasteiger partial charge in [0.25, 0.3) is 0 Å². The molecule has 0 spiro atoms. The van der Waals surface area contributed by atoms with Gasteiger partial charge in [0.1, 0.15) is 23.4 Å². The van der Waals surface area contributed by atoms with E-state index in [1.165, 1.54) is 26.8 Å².